The van der Waals surface area contributed by atoms with Gasteiger partial charge in [0.1, 0.15) is 0 Å². The fraction of sp³-hybridized carbons (Fsp3) is 0.857. The molecular formula is C7H13NO4. The first-order chi connectivity index (χ1) is 5.60. The summed E-state index contributed by atoms with van der Waals surface area (Å²) >= 11 is 0. The molecule has 1 aliphatic heterocycles. The molecule has 0 aromatic heterocycles. The molecule has 0 aliphatic carbocycles. The molecule has 12 heavy (non-hydrogen) atoms. The molecule has 1 fully saturated rings. The van der Waals surface area contributed by atoms with Crippen LogP contribution in [0.3, 0.4) is 0 Å². The summed E-state index contributed by atoms with van der Waals surface area (Å²) in [4.78, 5) is 11.0. The minimum absolute atomic E-state index is 0.486. The fourth-order valence-corrected chi connectivity index (χ4v) is 1.12. The Morgan fingerprint density at radius 2 is 2.08 bits per heavy atom. The lowest BCUT2D eigenvalue weighted by Gasteiger charge is -2.27. The van der Waals surface area contributed by atoms with E-state index in [1.165, 1.54) is 0 Å². The van der Waals surface area contributed by atoms with Crippen LogP contribution in [0.25, 0.3) is 0 Å². The quantitative estimate of drug-likeness (QED) is 0.454. The Morgan fingerprint density at radius 3 is 2.50 bits per heavy atom. The van der Waals surface area contributed by atoms with Gasteiger partial charge in [-0.15, -0.1) is 0 Å². The summed E-state index contributed by atoms with van der Waals surface area (Å²) in [7, 11) is 0. The van der Waals surface area contributed by atoms with Gasteiger partial charge in [0.05, 0.1) is 19.1 Å². The lowest BCUT2D eigenvalue weighted by Crippen LogP contribution is -2.43. The van der Waals surface area contributed by atoms with Crippen molar-refractivity contribution in [3.63, 3.8) is 0 Å². The molecule has 1 unspecified atom stereocenters. The zero-order valence-electron chi connectivity index (χ0n) is 7.16. The summed E-state index contributed by atoms with van der Waals surface area (Å²) in [5.74, 6) is -1.92. The van der Waals surface area contributed by atoms with Crippen LogP contribution >= 0.6 is 0 Å². The highest BCUT2D eigenvalue weighted by atomic mass is 16.7. The van der Waals surface area contributed by atoms with Gasteiger partial charge in [-0.05, 0) is 13.8 Å². The summed E-state index contributed by atoms with van der Waals surface area (Å²) in [5.41, 5.74) is 1.57. The number of hydrogen-bond donors (Lipinski definition) is 2. The Hall–Kier alpha value is -0.650. The Labute approximate surface area is 70.6 Å². The zero-order valence-corrected chi connectivity index (χ0v) is 7.16. The highest BCUT2D eigenvalue weighted by molar-refractivity contribution is 5.78. The van der Waals surface area contributed by atoms with Gasteiger partial charge in [-0.3, -0.25) is 10.0 Å². The molecule has 1 atom stereocenters. The van der Waals surface area contributed by atoms with E-state index in [4.69, 9.17) is 14.7 Å². The van der Waals surface area contributed by atoms with Crippen LogP contribution in [0.4, 0.5) is 0 Å². The van der Waals surface area contributed by atoms with Crippen LogP contribution in [0, 0.1) is 5.92 Å². The number of amides is 1. The molecule has 0 aromatic carbocycles. The molecule has 1 aliphatic rings. The lowest BCUT2D eigenvalue weighted by molar-refractivity contribution is -0.187. The fourth-order valence-electron chi connectivity index (χ4n) is 1.12. The van der Waals surface area contributed by atoms with Crippen molar-refractivity contribution >= 4 is 5.91 Å². The Bertz CT molecular complexity index is 176. The lowest BCUT2D eigenvalue weighted by atomic mass is 10.0. The van der Waals surface area contributed by atoms with Crippen LogP contribution in [0.5, 0.6) is 0 Å². The van der Waals surface area contributed by atoms with Crippen molar-refractivity contribution in [2.45, 2.75) is 19.6 Å². The van der Waals surface area contributed by atoms with Crippen molar-refractivity contribution in [2.24, 2.45) is 5.92 Å². The summed E-state index contributed by atoms with van der Waals surface area (Å²) < 4.78 is 10.5. The molecule has 1 heterocycles. The van der Waals surface area contributed by atoms with Gasteiger partial charge in [0.25, 0.3) is 5.91 Å². The maximum atomic E-state index is 11.0. The molecule has 0 spiro atoms. The van der Waals surface area contributed by atoms with E-state index in [0.717, 1.165) is 0 Å². The molecule has 1 amide bonds. The molecular weight excluding hydrogens is 162 g/mol. The van der Waals surface area contributed by atoms with Crippen molar-refractivity contribution in [1.29, 1.82) is 0 Å². The van der Waals surface area contributed by atoms with E-state index in [1.54, 1.807) is 19.3 Å². The second kappa shape index (κ2) is 3.38. The first-order valence-electron chi connectivity index (χ1n) is 3.82. The SMILES string of the molecule is CC(C(=O)NO)C1(C)OCCO1. The molecule has 2 N–H and O–H groups in total. The van der Waals surface area contributed by atoms with Gasteiger partial charge in [0, 0.05) is 0 Å². The molecule has 1 rings (SSSR count). The second-order valence-corrected chi connectivity index (χ2v) is 2.91. The average molecular weight is 175 g/mol. The highest BCUT2D eigenvalue weighted by Crippen LogP contribution is 2.27. The number of nitrogens with one attached hydrogen (secondary N) is 1. The highest BCUT2D eigenvalue weighted by Gasteiger charge is 2.41. The van der Waals surface area contributed by atoms with E-state index in [0.29, 0.717) is 13.2 Å². The van der Waals surface area contributed by atoms with Crippen molar-refractivity contribution in [3.8, 4) is 0 Å². The molecule has 70 valence electrons. The van der Waals surface area contributed by atoms with Crippen LogP contribution in [-0.4, -0.2) is 30.1 Å². The average Bonchev–Trinajstić information content (AvgIpc) is 2.50. The summed E-state index contributed by atoms with van der Waals surface area (Å²) in [6, 6.07) is 0. The maximum absolute atomic E-state index is 11.0. The third-order valence-electron chi connectivity index (χ3n) is 2.15. The number of carbonyl (C=O) groups is 1. The Morgan fingerprint density at radius 1 is 1.58 bits per heavy atom. The summed E-state index contributed by atoms with van der Waals surface area (Å²) in [6.07, 6.45) is 0. The normalized spacial score (nSPS) is 23.6. The maximum Gasteiger partial charge on any atom is 0.251 e. The second-order valence-electron chi connectivity index (χ2n) is 2.91. The zero-order chi connectivity index (χ0) is 9.19. The van der Waals surface area contributed by atoms with E-state index in [9.17, 15) is 4.79 Å². The Kier molecular flexibility index (Phi) is 2.66. The monoisotopic (exact) mass is 175 g/mol. The van der Waals surface area contributed by atoms with Crippen LogP contribution < -0.4 is 5.48 Å². The van der Waals surface area contributed by atoms with Gasteiger partial charge in [0.15, 0.2) is 5.79 Å². The smallest absolute Gasteiger partial charge is 0.251 e. The number of ether oxygens (including phenoxy) is 2. The minimum Gasteiger partial charge on any atom is -0.347 e. The van der Waals surface area contributed by atoms with Crippen LogP contribution in [0.2, 0.25) is 0 Å². The third-order valence-corrected chi connectivity index (χ3v) is 2.15. The van der Waals surface area contributed by atoms with E-state index < -0.39 is 17.6 Å². The van der Waals surface area contributed by atoms with E-state index in [-0.39, 0.29) is 0 Å². The molecule has 0 radical (unpaired) electrons. The first kappa shape index (κ1) is 9.44. The van der Waals surface area contributed by atoms with E-state index >= 15 is 0 Å². The summed E-state index contributed by atoms with van der Waals surface area (Å²) in [5, 5.41) is 8.37. The van der Waals surface area contributed by atoms with Crippen molar-refractivity contribution < 1.29 is 19.5 Å². The van der Waals surface area contributed by atoms with E-state index in [1.807, 2.05) is 0 Å². The largest absolute Gasteiger partial charge is 0.347 e. The minimum atomic E-state index is -0.896. The van der Waals surface area contributed by atoms with E-state index in [2.05, 4.69) is 0 Å². The molecule has 0 bridgehead atoms. The standard InChI is InChI=1S/C7H13NO4/c1-5(6(9)8-10)7(2)11-3-4-12-7/h5,10H,3-4H2,1-2H3,(H,8,9). The van der Waals surface area contributed by atoms with Crippen molar-refractivity contribution in [2.75, 3.05) is 13.2 Å². The van der Waals surface area contributed by atoms with Gasteiger partial charge >= 0.3 is 0 Å². The van der Waals surface area contributed by atoms with Crippen molar-refractivity contribution in [3.05, 3.63) is 0 Å². The van der Waals surface area contributed by atoms with Gasteiger partial charge in [-0.1, -0.05) is 0 Å². The number of rotatable bonds is 2. The predicted molar refractivity (Wildman–Crippen MR) is 39.4 cm³/mol. The number of carbonyl (C=O) groups excluding carboxylic acids is 1. The van der Waals surface area contributed by atoms with Crippen molar-refractivity contribution in [1.82, 2.24) is 5.48 Å². The Balaban J connectivity index is 2.61. The number of hydrogen-bond acceptors (Lipinski definition) is 4. The van der Waals surface area contributed by atoms with Gasteiger partial charge in [-0.2, -0.15) is 0 Å². The van der Waals surface area contributed by atoms with Crippen LogP contribution in [0.1, 0.15) is 13.8 Å². The molecule has 0 aromatic rings. The van der Waals surface area contributed by atoms with Gasteiger partial charge < -0.3 is 9.47 Å². The molecule has 5 heteroatoms. The summed E-state index contributed by atoms with van der Waals surface area (Å²) in [6.45, 7) is 4.29. The molecule has 5 nitrogen and oxygen atoms in total. The topological polar surface area (TPSA) is 67.8 Å². The van der Waals surface area contributed by atoms with Gasteiger partial charge in [0.2, 0.25) is 0 Å². The third kappa shape index (κ3) is 1.57. The van der Waals surface area contributed by atoms with Crippen LogP contribution in [-0.2, 0) is 14.3 Å². The first-order valence-corrected chi connectivity index (χ1v) is 3.82. The molecule has 1 saturated heterocycles. The molecule has 0 saturated carbocycles. The predicted octanol–water partition coefficient (Wildman–Crippen LogP) is -0.109. The van der Waals surface area contributed by atoms with Crippen LogP contribution in [0.15, 0.2) is 0 Å². The van der Waals surface area contributed by atoms with Gasteiger partial charge in [-0.25, -0.2) is 5.48 Å². The number of hydroxylamine groups is 1.